The molecule has 0 saturated carbocycles. The Morgan fingerprint density at radius 2 is 1.93 bits per heavy atom. The van der Waals surface area contributed by atoms with Gasteiger partial charge in [0.1, 0.15) is 2.82 Å². The summed E-state index contributed by atoms with van der Waals surface area (Å²) in [7, 11) is -3.15. The number of hydrogen-bond acceptors (Lipinski definition) is 3. The highest BCUT2D eigenvalue weighted by Gasteiger charge is 2.09. The smallest absolute Gasteiger partial charge is 0.178 e. The summed E-state index contributed by atoms with van der Waals surface area (Å²) in [5.41, 5.74) is 1.29. The Hall–Kier alpha value is -0.580. The van der Waals surface area contributed by atoms with Crippen molar-refractivity contribution in [3.63, 3.8) is 0 Å². The van der Waals surface area contributed by atoms with Crippen molar-refractivity contribution in [2.75, 3.05) is 5.75 Å². The molecule has 0 atom stereocenters. The second-order valence-corrected chi connectivity index (χ2v) is 4.98. The Morgan fingerprint density at radius 3 is 2.36 bits per heavy atom. The molecule has 1 aromatic carbocycles. The minimum Gasteiger partial charge on any atom is -0.326 e. The molecule has 0 unspecified atom stereocenters. The molecule has 0 fully saturated rings. The van der Waals surface area contributed by atoms with Crippen LogP contribution in [0, 0.1) is 0 Å². The molecule has 0 amide bonds. The molecule has 0 radical (unpaired) electrons. The molecule has 0 aliphatic heterocycles. The van der Waals surface area contributed by atoms with Gasteiger partial charge in [-0.1, -0.05) is 19.1 Å². The maximum Gasteiger partial charge on any atom is 0.178 e. The summed E-state index contributed by atoms with van der Waals surface area (Å²) >= 11 is 0. The molecule has 2 N–H and O–H groups in total. The van der Waals surface area contributed by atoms with E-state index in [-0.39, 0.29) is 29.6 Å². The van der Waals surface area contributed by atoms with Crippen molar-refractivity contribution in [3.05, 3.63) is 29.8 Å². The first-order chi connectivity index (χ1) is 6.95. The van der Waals surface area contributed by atoms with Crippen LogP contribution < -0.4 is 5.72 Å². The number of sulfone groups is 1. The summed E-state index contributed by atoms with van der Waals surface area (Å²) in [6, 6.07) is 6.27. The lowest BCUT2D eigenvalue weighted by Gasteiger charge is -2.01. The number of benzene rings is 1. The van der Waals surface area contributed by atoms with Crippen molar-refractivity contribution in [3.8, 4) is 0 Å². The van der Waals surface area contributed by atoms with Crippen LogP contribution in [0.4, 0.5) is 0 Å². The van der Waals surface area contributed by atoms with Crippen molar-refractivity contribution in [2.24, 2.45) is 5.72 Å². The summed E-state index contributed by atoms with van der Waals surface area (Å²) in [4.78, 5) is 0.287. The summed E-state index contributed by atoms with van der Waals surface area (Å²) in [5, 5.41) is 0. The van der Waals surface area contributed by atoms with Gasteiger partial charge in [0.15, 0.2) is 9.84 Å². The van der Waals surface area contributed by atoms with Gasteiger partial charge in [0.05, 0.1) is 10.6 Å². The molecule has 0 aliphatic carbocycles. The van der Waals surface area contributed by atoms with E-state index < -0.39 is 9.84 Å². The fraction of sp³-hybridized carbons (Fsp3) is 0.333. The van der Waals surface area contributed by atoms with E-state index in [0.717, 1.165) is 5.56 Å². The molecule has 0 heterocycles. The number of rotatable bonds is 4. The average molecular weight is 238 g/mol. The molecule has 0 bridgehead atoms. The number of hydrogen-bond donors (Lipinski definition) is 1. The summed E-state index contributed by atoms with van der Waals surface area (Å²) in [6.45, 7) is 1.75. The molecule has 0 saturated heterocycles. The lowest BCUT2D eigenvalue weighted by molar-refractivity contribution is 0.597. The first kappa shape index (κ1) is 9.96. The zero-order valence-electron chi connectivity index (χ0n) is 9.80. The van der Waals surface area contributed by atoms with Gasteiger partial charge in [0.25, 0.3) is 0 Å². The van der Waals surface area contributed by atoms with Crippen LogP contribution in [0.5, 0.6) is 0 Å². The van der Waals surface area contributed by atoms with Gasteiger partial charge < -0.3 is 5.72 Å². The Bertz CT molecular complexity index is 420. The van der Waals surface area contributed by atoms with E-state index in [1.807, 2.05) is 0 Å². The molecule has 1 aromatic rings. The van der Waals surface area contributed by atoms with Crippen LogP contribution in [0.1, 0.15) is 12.5 Å². The first-order valence-electron chi connectivity index (χ1n) is 4.92. The fourth-order valence-corrected chi connectivity index (χ4v) is 1.85. The van der Waals surface area contributed by atoms with Crippen LogP contribution in [-0.4, -0.2) is 14.2 Å². The van der Waals surface area contributed by atoms with E-state index >= 15 is 0 Å². The van der Waals surface area contributed by atoms with Gasteiger partial charge in [-0.3, -0.25) is 0 Å². The quantitative estimate of drug-likeness (QED) is 0.860. The van der Waals surface area contributed by atoms with Gasteiger partial charge in [-0.15, -0.1) is 12.4 Å². The van der Waals surface area contributed by atoms with E-state index in [9.17, 15) is 8.42 Å². The lowest BCUT2D eigenvalue weighted by atomic mass is 10.2. The van der Waals surface area contributed by atoms with Crippen molar-refractivity contribution in [2.45, 2.75) is 18.4 Å². The van der Waals surface area contributed by atoms with Gasteiger partial charge in [-0.2, -0.15) is 0 Å². The van der Waals surface area contributed by atoms with Crippen molar-refractivity contribution in [1.82, 2.24) is 0 Å². The summed E-state index contributed by atoms with van der Waals surface area (Å²) in [6.07, 6.45) is 0. The van der Waals surface area contributed by atoms with Crippen molar-refractivity contribution in [1.29, 1.82) is 0 Å². The molecule has 80 valence electrons. The monoisotopic (exact) mass is 237 g/mol. The molecule has 0 aliphatic rings. The largest absolute Gasteiger partial charge is 0.326 e. The highest BCUT2D eigenvalue weighted by Crippen LogP contribution is 2.11. The van der Waals surface area contributed by atoms with Gasteiger partial charge in [-0.05, 0) is 17.7 Å². The second kappa shape index (κ2) is 5.34. The Labute approximate surface area is 93.6 Å². The van der Waals surface area contributed by atoms with E-state index in [0.29, 0.717) is 5.72 Å². The maximum atomic E-state index is 11.4. The van der Waals surface area contributed by atoms with Crippen LogP contribution >= 0.6 is 12.4 Å². The van der Waals surface area contributed by atoms with Crippen LogP contribution in [0.3, 0.4) is 0 Å². The molecule has 0 aromatic heterocycles. The van der Waals surface area contributed by atoms with Crippen LogP contribution in [0.2, 0.25) is 2.82 Å². The predicted molar refractivity (Wildman–Crippen MR) is 59.3 cm³/mol. The van der Waals surface area contributed by atoms with Crippen LogP contribution in [-0.2, 0) is 16.4 Å². The Kier molecular flexibility index (Phi) is 3.80. The van der Waals surface area contributed by atoms with Gasteiger partial charge in [0, 0.05) is 6.54 Å². The molecule has 3 nitrogen and oxygen atoms in total. The third kappa shape index (κ3) is 2.97. The van der Waals surface area contributed by atoms with Crippen molar-refractivity contribution < 1.29 is 11.2 Å². The topological polar surface area (TPSA) is 60.2 Å². The Morgan fingerprint density at radius 1 is 1.36 bits per heavy atom. The third-order valence-electron chi connectivity index (χ3n) is 1.85. The van der Waals surface area contributed by atoms with Gasteiger partial charge in [-0.25, -0.2) is 8.42 Å². The summed E-state index contributed by atoms with van der Waals surface area (Å²) in [5.74, 6) is 0.0787. The summed E-state index contributed by atoms with van der Waals surface area (Å²) < 4.78 is 36.7. The third-order valence-corrected chi connectivity index (χ3v) is 3.60. The maximum absolute atomic E-state index is 11.4. The zero-order chi connectivity index (χ0) is 11.5. The highest BCUT2D eigenvalue weighted by molar-refractivity contribution is 7.91. The van der Waals surface area contributed by atoms with Gasteiger partial charge >= 0.3 is 0 Å². The minimum atomic E-state index is -3.15. The first-order valence-corrected chi connectivity index (χ1v) is 5.68. The normalized spacial score (nSPS) is 13.0. The number of nitrogens with two attached hydrogens (primary N) is 1. The molecular weight excluding hydrogens is 222 g/mol. The van der Waals surface area contributed by atoms with E-state index in [1.54, 1.807) is 19.1 Å². The molecule has 14 heavy (non-hydrogen) atoms. The molecule has 0 spiro atoms. The lowest BCUT2D eigenvalue weighted by Crippen LogP contribution is -2.04. The predicted octanol–water partition coefficient (Wildman–Crippen LogP) is 1.36. The molecule has 1 rings (SSSR count). The molecular formula is C9H14ClNO2S. The van der Waals surface area contributed by atoms with Crippen molar-refractivity contribution >= 4 is 22.2 Å². The van der Waals surface area contributed by atoms with Crippen LogP contribution in [0.15, 0.2) is 29.2 Å². The average Bonchev–Trinajstić information content (AvgIpc) is 2.18. The van der Waals surface area contributed by atoms with Gasteiger partial charge in [0.2, 0.25) is 0 Å². The standard InChI is InChI=1S/C9H13NO2S.ClH/c1-2-13(11,12)9-5-3-8(7-10)4-6-9;/h3-6H,2,7,10H2,1H3;1H/i/hD2. The minimum absolute atomic E-state index is 0. The number of halogens is 1. The Balaban J connectivity index is 0.00000225. The SMILES string of the molecule is Cl.[2H]N([2H])Cc1ccc(S(=O)(=O)CC)cc1. The second-order valence-electron chi connectivity index (χ2n) is 2.71. The zero-order valence-corrected chi connectivity index (χ0v) is 9.44. The van der Waals surface area contributed by atoms with E-state index in [1.165, 1.54) is 12.1 Å². The van der Waals surface area contributed by atoms with Crippen LogP contribution in [0.25, 0.3) is 0 Å². The van der Waals surface area contributed by atoms with E-state index in [4.69, 9.17) is 2.82 Å². The molecule has 5 heteroatoms. The van der Waals surface area contributed by atoms with E-state index in [2.05, 4.69) is 0 Å². The highest BCUT2D eigenvalue weighted by atomic mass is 35.5. The fourth-order valence-electron chi connectivity index (χ4n) is 0.969.